The average molecular weight is 301 g/mol. The van der Waals surface area contributed by atoms with Crippen molar-refractivity contribution in [2.24, 2.45) is 0 Å². The number of hydrogen-bond donors (Lipinski definition) is 2. The zero-order valence-corrected chi connectivity index (χ0v) is 12.9. The van der Waals surface area contributed by atoms with E-state index in [9.17, 15) is 15.5 Å². The van der Waals surface area contributed by atoms with Gasteiger partial charge in [-0.15, -0.1) is 0 Å². The second-order valence-electron chi connectivity index (χ2n) is 6.52. The second-order valence-corrected chi connectivity index (χ2v) is 6.52. The molecule has 0 amide bonds. The van der Waals surface area contributed by atoms with Gasteiger partial charge >= 0.3 is 0 Å². The summed E-state index contributed by atoms with van der Waals surface area (Å²) in [6, 6.07) is 14.8. The highest BCUT2D eigenvalue weighted by Crippen LogP contribution is 2.54. The number of nitriles is 1. The van der Waals surface area contributed by atoms with E-state index < -0.39 is 0 Å². The first-order chi connectivity index (χ1) is 10.9. The standard InChI is InChI=1S/C20H15NO2/c1-20(2)14-8-11(10-21)6-7-12(14)18-15(20)9-17(23)13-4-3-5-16(22)19(13)18/h3-9,22-23H,1-2H3. The van der Waals surface area contributed by atoms with Crippen LogP contribution in [0.4, 0.5) is 0 Å². The first kappa shape index (κ1) is 13.7. The van der Waals surface area contributed by atoms with Gasteiger partial charge in [-0.2, -0.15) is 5.26 Å². The minimum absolute atomic E-state index is 0.155. The minimum atomic E-state index is -0.342. The fourth-order valence-corrected chi connectivity index (χ4v) is 3.70. The van der Waals surface area contributed by atoms with Crippen LogP contribution >= 0.6 is 0 Å². The summed E-state index contributed by atoms with van der Waals surface area (Å²) in [7, 11) is 0. The van der Waals surface area contributed by atoms with E-state index in [1.807, 2.05) is 12.1 Å². The highest BCUT2D eigenvalue weighted by Gasteiger charge is 2.38. The summed E-state index contributed by atoms with van der Waals surface area (Å²) in [5.41, 5.74) is 4.24. The number of phenols is 2. The number of aromatic hydroxyl groups is 2. The van der Waals surface area contributed by atoms with Gasteiger partial charge in [0.05, 0.1) is 11.6 Å². The molecule has 0 radical (unpaired) electrons. The lowest BCUT2D eigenvalue weighted by atomic mass is 9.81. The Bertz CT molecular complexity index is 1030. The van der Waals surface area contributed by atoms with Crippen molar-refractivity contribution in [1.29, 1.82) is 5.26 Å². The lowest BCUT2D eigenvalue weighted by Gasteiger charge is -2.22. The Labute approximate surface area is 134 Å². The van der Waals surface area contributed by atoms with Crippen molar-refractivity contribution in [2.45, 2.75) is 19.3 Å². The molecule has 112 valence electrons. The molecule has 3 heteroatoms. The third-order valence-corrected chi connectivity index (χ3v) is 4.88. The molecular formula is C20H15NO2. The maximum absolute atomic E-state index is 10.4. The number of fused-ring (bicyclic) bond motifs is 5. The van der Waals surface area contributed by atoms with Gasteiger partial charge in [-0.25, -0.2) is 0 Å². The van der Waals surface area contributed by atoms with Crippen LogP contribution < -0.4 is 0 Å². The van der Waals surface area contributed by atoms with E-state index >= 15 is 0 Å². The summed E-state index contributed by atoms with van der Waals surface area (Å²) in [6.45, 7) is 4.15. The fraction of sp³-hybridized carbons (Fsp3) is 0.150. The SMILES string of the molecule is CC1(C)c2cc(C#N)ccc2-c2c1cc(O)c1cccc(O)c21. The summed E-state index contributed by atoms with van der Waals surface area (Å²) >= 11 is 0. The molecule has 1 aliphatic rings. The minimum Gasteiger partial charge on any atom is -0.507 e. The molecule has 0 aliphatic heterocycles. The van der Waals surface area contributed by atoms with Crippen molar-refractivity contribution in [3.05, 3.63) is 59.2 Å². The van der Waals surface area contributed by atoms with Crippen LogP contribution in [0.25, 0.3) is 21.9 Å². The second kappa shape index (κ2) is 4.27. The molecule has 0 heterocycles. The summed E-state index contributed by atoms with van der Waals surface area (Å²) in [6.07, 6.45) is 0. The molecule has 4 rings (SSSR count). The van der Waals surface area contributed by atoms with Crippen molar-refractivity contribution in [1.82, 2.24) is 0 Å². The molecule has 0 atom stereocenters. The Morgan fingerprint density at radius 1 is 0.957 bits per heavy atom. The third kappa shape index (κ3) is 1.63. The molecule has 0 aromatic heterocycles. The number of benzene rings is 3. The van der Waals surface area contributed by atoms with Gasteiger partial charge in [-0.1, -0.05) is 32.0 Å². The summed E-state index contributed by atoms with van der Waals surface area (Å²) in [4.78, 5) is 0. The lowest BCUT2D eigenvalue weighted by molar-refractivity contribution is 0.474. The van der Waals surface area contributed by atoms with Gasteiger partial charge in [-0.3, -0.25) is 0 Å². The Morgan fingerprint density at radius 3 is 2.48 bits per heavy atom. The quantitative estimate of drug-likeness (QED) is 0.645. The molecule has 0 bridgehead atoms. The van der Waals surface area contributed by atoms with Crippen molar-refractivity contribution in [2.75, 3.05) is 0 Å². The van der Waals surface area contributed by atoms with Gasteiger partial charge in [0.25, 0.3) is 0 Å². The van der Waals surface area contributed by atoms with Crippen LogP contribution in [0.15, 0.2) is 42.5 Å². The first-order valence-electron chi connectivity index (χ1n) is 7.48. The smallest absolute Gasteiger partial charge is 0.124 e. The molecule has 3 aromatic rings. The molecule has 0 spiro atoms. The fourth-order valence-electron chi connectivity index (χ4n) is 3.70. The van der Waals surface area contributed by atoms with Crippen LogP contribution in [0.1, 0.15) is 30.5 Å². The third-order valence-electron chi connectivity index (χ3n) is 4.88. The number of phenolic OH excluding ortho intramolecular Hbond substituents is 2. The maximum atomic E-state index is 10.4. The van der Waals surface area contributed by atoms with Gasteiger partial charge in [-0.05, 0) is 46.5 Å². The Balaban J connectivity index is 2.23. The molecule has 1 aliphatic carbocycles. The maximum Gasteiger partial charge on any atom is 0.124 e. The summed E-state index contributed by atoms with van der Waals surface area (Å²) in [5.74, 6) is 0.318. The van der Waals surface area contributed by atoms with Crippen LogP contribution in [0.5, 0.6) is 11.5 Å². The zero-order valence-electron chi connectivity index (χ0n) is 12.9. The molecule has 0 saturated heterocycles. The lowest BCUT2D eigenvalue weighted by Crippen LogP contribution is -2.15. The van der Waals surface area contributed by atoms with Gasteiger partial charge < -0.3 is 10.2 Å². The topological polar surface area (TPSA) is 64.2 Å². The van der Waals surface area contributed by atoms with Crippen LogP contribution in [-0.2, 0) is 5.41 Å². The predicted octanol–water partition coefficient (Wildman–Crippen LogP) is 4.43. The van der Waals surface area contributed by atoms with Gasteiger partial charge in [0, 0.05) is 16.2 Å². The Morgan fingerprint density at radius 2 is 1.74 bits per heavy atom. The largest absolute Gasteiger partial charge is 0.507 e. The molecule has 2 N–H and O–H groups in total. The van der Waals surface area contributed by atoms with E-state index in [-0.39, 0.29) is 16.9 Å². The van der Waals surface area contributed by atoms with Gasteiger partial charge in [0.15, 0.2) is 0 Å². The van der Waals surface area contributed by atoms with Crippen molar-refractivity contribution in [3.8, 4) is 28.7 Å². The van der Waals surface area contributed by atoms with E-state index in [2.05, 4.69) is 19.9 Å². The van der Waals surface area contributed by atoms with Crippen LogP contribution in [0.3, 0.4) is 0 Å². The molecular weight excluding hydrogens is 286 g/mol. The Kier molecular flexibility index (Phi) is 2.53. The summed E-state index contributed by atoms with van der Waals surface area (Å²) < 4.78 is 0. The monoisotopic (exact) mass is 301 g/mol. The van der Waals surface area contributed by atoms with Crippen molar-refractivity contribution >= 4 is 10.8 Å². The van der Waals surface area contributed by atoms with Crippen LogP contribution in [0, 0.1) is 11.3 Å². The molecule has 3 nitrogen and oxygen atoms in total. The average Bonchev–Trinajstić information content (AvgIpc) is 2.75. The van der Waals surface area contributed by atoms with E-state index in [0.717, 1.165) is 22.3 Å². The predicted molar refractivity (Wildman–Crippen MR) is 89.6 cm³/mol. The number of rotatable bonds is 0. The number of hydrogen-bond acceptors (Lipinski definition) is 3. The molecule has 23 heavy (non-hydrogen) atoms. The molecule has 0 fully saturated rings. The first-order valence-corrected chi connectivity index (χ1v) is 7.48. The van der Waals surface area contributed by atoms with E-state index in [0.29, 0.717) is 16.3 Å². The van der Waals surface area contributed by atoms with E-state index in [4.69, 9.17) is 0 Å². The van der Waals surface area contributed by atoms with E-state index in [1.54, 1.807) is 30.3 Å². The van der Waals surface area contributed by atoms with E-state index in [1.165, 1.54) is 0 Å². The zero-order chi connectivity index (χ0) is 16.4. The van der Waals surface area contributed by atoms with Crippen LogP contribution in [-0.4, -0.2) is 10.2 Å². The highest BCUT2D eigenvalue weighted by molar-refractivity contribution is 6.08. The molecule has 0 unspecified atom stereocenters. The van der Waals surface area contributed by atoms with Gasteiger partial charge in [0.2, 0.25) is 0 Å². The molecule has 3 aromatic carbocycles. The number of nitrogens with zero attached hydrogens (tertiary/aromatic N) is 1. The summed E-state index contributed by atoms with van der Waals surface area (Å²) in [5, 5.41) is 31.3. The van der Waals surface area contributed by atoms with Crippen molar-refractivity contribution < 1.29 is 10.2 Å². The highest BCUT2D eigenvalue weighted by atomic mass is 16.3. The van der Waals surface area contributed by atoms with Crippen LogP contribution in [0.2, 0.25) is 0 Å². The molecule has 0 saturated carbocycles. The normalized spacial score (nSPS) is 14.3. The van der Waals surface area contributed by atoms with Gasteiger partial charge in [0.1, 0.15) is 11.5 Å². The Hall–Kier alpha value is -2.99. The van der Waals surface area contributed by atoms with Crippen molar-refractivity contribution in [3.63, 3.8) is 0 Å².